The summed E-state index contributed by atoms with van der Waals surface area (Å²) in [6, 6.07) is 10.9. The van der Waals surface area contributed by atoms with E-state index in [1.807, 2.05) is 25.1 Å². The lowest BCUT2D eigenvalue weighted by Crippen LogP contribution is -2.28. The maximum absolute atomic E-state index is 11.9. The van der Waals surface area contributed by atoms with Gasteiger partial charge in [-0.2, -0.15) is 0 Å². The molecule has 0 unspecified atom stereocenters. The number of halogens is 1. The van der Waals surface area contributed by atoms with E-state index in [0.29, 0.717) is 28.8 Å². The molecule has 0 aromatic heterocycles. The van der Waals surface area contributed by atoms with Gasteiger partial charge in [0.15, 0.2) is 18.1 Å². The molecule has 6 heteroatoms. The first-order valence-corrected chi connectivity index (χ1v) is 7.78. The van der Waals surface area contributed by atoms with Crippen molar-refractivity contribution in [2.24, 2.45) is 0 Å². The van der Waals surface area contributed by atoms with Crippen LogP contribution in [0.1, 0.15) is 11.1 Å². The smallest absolute Gasteiger partial charge is 0.258 e. The van der Waals surface area contributed by atoms with Gasteiger partial charge in [-0.05, 0) is 42.3 Å². The predicted molar refractivity (Wildman–Crippen MR) is 93.1 cm³/mol. The molecule has 128 valence electrons. The van der Waals surface area contributed by atoms with Crippen molar-refractivity contribution in [2.75, 3.05) is 20.8 Å². The third kappa shape index (κ3) is 4.80. The number of hydrogen-bond acceptors (Lipinski definition) is 4. The number of benzene rings is 2. The monoisotopic (exact) mass is 349 g/mol. The fraction of sp³-hybridized carbons (Fsp3) is 0.278. The molecule has 2 aromatic rings. The van der Waals surface area contributed by atoms with E-state index in [2.05, 4.69) is 5.32 Å². The molecular weight excluding hydrogens is 330 g/mol. The molecular formula is C18H20ClNO4. The number of nitrogens with one attached hydrogen (secondary N) is 1. The van der Waals surface area contributed by atoms with Gasteiger partial charge in [-0.25, -0.2) is 0 Å². The van der Waals surface area contributed by atoms with Gasteiger partial charge in [0, 0.05) is 6.54 Å². The van der Waals surface area contributed by atoms with Crippen LogP contribution in [0.5, 0.6) is 17.2 Å². The largest absolute Gasteiger partial charge is 0.493 e. The zero-order valence-electron chi connectivity index (χ0n) is 13.9. The molecule has 0 saturated carbocycles. The van der Waals surface area contributed by atoms with E-state index in [-0.39, 0.29) is 12.5 Å². The molecule has 24 heavy (non-hydrogen) atoms. The van der Waals surface area contributed by atoms with Crippen LogP contribution in [-0.2, 0) is 11.3 Å². The minimum atomic E-state index is -0.234. The highest BCUT2D eigenvalue weighted by molar-refractivity contribution is 6.32. The summed E-state index contributed by atoms with van der Waals surface area (Å²) >= 11 is 6.03. The summed E-state index contributed by atoms with van der Waals surface area (Å²) < 4.78 is 15.9. The third-order valence-corrected chi connectivity index (χ3v) is 3.70. The maximum Gasteiger partial charge on any atom is 0.258 e. The van der Waals surface area contributed by atoms with E-state index in [4.69, 9.17) is 25.8 Å². The van der Waals surface area contributed by atoms with Gasteiger partial charge in [0.05, 0.1) is 19.2 Å². The second-order valence-corrected chi connectivity index (χ2v) is 5.60. The Balaban J connectivity index is 1.88. The quantitative estimate of drug-likeness (QED) is 0.832. The number of amides is 1. The van der Waals surface area contributed by atoms with E-state index in [9.17, 15) is 4.79 Å². The van der Waals surface area contributed by atoms with Gasteiger partial charge in [0.1, 0.15) is 5.75 Å². The molecule has 0 atom stereocenters. The average Bonchev–Trinajstić information content (AvgIpc) is 2.60. The van der Waals surface area contributed by atoms with Crippen LogP contribution in [0.4, 0.5) is 0 Å². The zero-order valence-corrected chi connectivity index (χ0v) is 14.6. The minimum Gasteiger partial charge on any atom is -0.493 e. The number of aryl methyl sites for hydroxylation is 1. The fourth-order valence-corrected chi connectivity index (χ4v) is 2.28. The molecule has 5 nitrogen and oxygen atoms in total. The zero-order chi connectivity index (χ0) is 17.5. The van der Waals surface area contributed by atoms with Crippen molar-refractivity contribution in [3.05, 3.63) is 52.5 Å². The average molecular weight is 350 g/mol. The molecule has 0 radical (unpaired) electrons. The molecule has 0 fully saturated rings. The Labute approximate surface area is 146 Å². The van der Waals surface area contributed by atoms with Crippen LogP contribution in [0.15, 0.2) is 36.4 Å². The maximum atomic E-state index is 11.9. The lowest BCUT2D eigenvalue weighted by atomic mass is 10.2. The van der Waals surface area contributed by atoms with E-state index in [0.717, 1.165) is 11.1 Å². The van der Waals surface area contributed by atoms with E-state index >= 15 is 0 Å². The Morgan fingerprint density at radius 2 is 1.79 bits per heavy atom. The van der Waals surface area contributed by atoms with Gasteiger partial charge in [-0.15, -0.1) is 0 Å². The summed E-state index contributed by atoms with van der Waals surface area (Å²) in [6.07, 6.45) is 0. The highest BCUT2D eigenvalue weighted by atomic mass is 35.5. The first-order chi connectivity index (χ1) is 11.5. The highest BCUT2D eigenvalue weighted by Crippen LogP contribution is 2.27. The number of carbonyl (C=O) groups excluding carboxylic acids is 1. The number of rotatable bonds is 7. The second kappa shape index (κ2) is 8.45. The van der Waals surface area contributed by atoms with Gasteiger partial charge in [0.2, 0.25) is 0 Å². The summed E-state index contributed by atoms with van der Waals surface area (Å²) in [7, 11) is 3.15. The normalized spacial score (nSPS) is 10.2. The van der Waals surface area contributed by atoms with Crippen molar-refractivity contribution in [2.45, 2.75) is 13.5 Å². The number of methoxy groups -OCH3 is 2. The molecule has 0 aliphatic heterocycles. The number of hydrogen-bond donors (Lipinski definition) is 1. The standard InChI is InChI=1S/C18H20ClNO4/c1-12-4-6-14(19)16(8-12)24-11-18(21)20-10-13-5-7-15(22-2)17(9-13)23-3/h4-9H,10-11H2,1-3H3,(H,20,21). The minimum absolute atomic E-state index is 0.101. The topological polar surface area (TPSA) is 56.8 Å². The summed E-state index contributed by atoms with van der Waals surface area (Å²) in [5, 5.41) is 3.27. The van der Waals surface area contributed by atoms with E-state index < -0.39 is 0 Å². The number of carbonyl (C=O) groups is 1. The lowest BCUT2D eigenvalue weighted by molar-refractivity contribution is -0.123. The SMILES string of the molecule is COc1ccc(CNC(=O)COc2cc(C)ccc2Cl)cc1OC. The van der Waals surface area contributed by atoms with Crippen LogP contribution in [-0.4, -0.2) is 26.7 Å². The van der Waals surface area contributed by atoms with Crippen LogP contribution in [0.25, 0.3) is 0 Å². The highest BCUT2D eigenvalue weighted by Gasteiger charge is 2.08. The second-order valence-electron chi connectivity index (χ2n) is 5.19. The van der Waals surface area contributed by atoms with Gasteiger partial charge in [-0.3, -0.25) is 4.79 Å². The summed E-state index contributed by atoms with van der Waals surface area (Å²) in [4.78, 5) is 11.9. The molecule has 1 amide bonds. The Kier molecular flexibility index (Phi) is 6.32. The lowest BCUT2D eigenvalue weighted by Gasteiger charge is -2.11. The van der Waals surface area contributed by atoms with Crippen molar-refractivity contribution in [3.63, 3.8) is 0 Å². The number of ether oxygens (including phenoxy) is 3. The molecule has 0 aliphatic carbocycles. The molecule has 0 bridgehead atoms. The third-order valence-electron chi connectivity index (χ3n) is 3.38. The molecule has 0 saturated heterocycles. The van der Waals surface area contributed by atoms with E-state index in [1.54, 1.807) is 32.4 Å². The Bertz CT molecular complexity index is 718. The van der Waals surface area contributed by atoms with Crippen molar-refractivity contribution in [1.29, 1.82) is 0 Å². The van der Waals surface area contributed by atoms with Crippen LogP contribution in [0.3, 0.4) is 0 Å². The van der Waals surface area contributed by atoms with Crippen LogP contribution in [0.2, 0.25) is 5.02 Å². The van der Waals surface area contributed by atoms with Crippen molar-refractivity contribution >= 4 is 17.5 Å². The summed E-state index contributed by atoms with van der Waals surface area (Å²) in [6.45, 7) is 2.20. The molecule has 0 spiro atoms. The molecule has 2 aromatic carbocycles. The van der Waals surface area contributed by atoms with Crippen LogP contribution < -0.4 is 19.5 Å². The van der Waals surface area contributed by atoms with Crippen LogP contribution >= 0.6 is 11.6 Å². The molecule has 0 heterocycles. The Hall–Kier alpha value is -2.40. The Morgan fingerprint density at radius 3 is 2.50 bits per heavy atom. The van der Waals surface area contributed by atoms with Crippen molar-refractivity contribution < 1.29 is 19.0 Å². The van der Waals surface area contributed by atoms with E-state index in [1.165, 1.54) is 0 Å². The predicted octanol–water partition coefficient (Wildman–Crippen LogP) is 3.36. The van der Waals surface area contributed by atoms with Gasteiger partial charge in [0.25, 0.3) is 5.91 Å². The summed E-state index contributed by atoms with van der Waals surface area (Å²) in [5.41, 5.74) is 1.91. The first-order valence-electron chi connectivity index (χ1n) is 7.40. The fourth-order valence-electron chi connectivity index (χ4n) is 2.11. The molecule has 0 aliphatic rings. The van der Waals surface area contributed by atoms with Crippen molar-refractivity contribution in [1.82, 2.24) is 5.32 Å². The van der Waals surface area contributed by atoms with Crippen LogP contribution in [0, 0.1) is 6.92 Å². The first kappa shape index (κ1) is 17.9. The summed E-state index contributed by atoms with van der Waals surface area (Å²) in [5.74, 6) is 1.53. The van der Waals surface area contributed by atoms with Gasteiger partial charge < -0.3 is 19.5 Å². The molecule has 1 N–H and O–H groups in total. The molecule has 2 rings (SSSR count). The van der Waals surface area contributed by atoms with Crippen molar-refractivity contribution in [3.8, 4) is 17.2 Å². The van der Waals surface area contributed by atoms with Gasteiger partial charge in [-0.1, -0.05) is 23.7 Å². The van der Waals surface area contributed by atoms with Gasteiger partial charge >= 0.3 is 0 Å². The Morgan fingerprint density at radius 1 is 1.04 bits per heavy atom.